The average molecular weight is 349 g/mol. The minimum Gasteiger partial charge on any atom is -0.369 e. The lowest BCUT2D eigenvalue weighted by Gasteiger charge is -2.19. The van der Waals surface area contributed by atoms with Crippen LogP contribution in [0.25, 0.3) is 16.9 Å². The van der Waals surface area contributed by atoms with Gasteiger partial charge in [-0.25, -0.2) is 4.98 Å². The maximum atomic E-state index is 5.96. The Labute approximate surface area is 151 Å². The summed E-state index contributed by atoms with van der Waals surface area (Å²) in [4.78, 5) is 11.1. The lowest BCUT2D eigenvalue weighted by atomic mass is 10.2. The van der Waals surface area contributed by atoms with Crippen LogP contribution in [0.3, 0.4) is 0 Å². The minimum absolute atomic E-state index is 0.698. The molecule has 124 valence electrons. The third kappa shape index (κ3) is 3.21. The van der Waals surface area contributed by atoms with Crippen molar-refractivity contribution in [3.8, 4) is 11.3 Å². The van der Waals surface area contributed by atoms with Crippen LogP contribution in [0.4, 0.5) is 5.69 Å². The van der Waals surface area contributed by atoms with Gasteiger partial charge < -0.3 is 4.90 Å². The summed E-state index contributed by atoms with van der Waals surface area (Å²) in [5.74, 6) is 0. The van der Waals surface area contributed by atoms with E-state index in [-0.39, 0.29) is 0 Å². The molecule has 0 saturated carbocycles. The van der Waals surface area contributed by atoms with Crippen molar-refractivity contribution >= 4 is 22.9 Å². The number of nitrogens with zero attached hydrogens (tertiary/aromatic N) is 4. The number of halogens is 1. The number of hydrogen-bond donors (Lipinski definition) is 0. The van der Waals surface area contributed by atoms with E-state index in [1.54, 1.807) is 0 Å². The monoisotopic (exact) mass is 348 g/mol. The molecule has 0 aliphatic rings. The average Bonchev–Trinajstić information content (AvgIpc) is 3.06. The fraction of sp³-hybridized carbons (Fsp3) is 0.100. The van der Waals surface area contributed by atoms with Crippen molar-refractivity contribution < 1.29 is 0 Å². The highest BCUT2D eigenvalue weighted by Crippen LogP contribution is 2.22. The molecule has 2 aromatic carbocycles. The molecule has 25 heavy (non-hydrogen) atoms. The summed E-state index contributed by atoms with van der Waals surface area (Å²) >= 11 is 5.96. The summed E-state index contributed by atoms with van der Waals surface area (Å²) in [7, 11) is 2.04. The zero-order chi connectivity index (χ0) is 17.2. The van der Waals surface area contributed by atoms with Gasteiger partial charge in [0.15, 0.2) is 5.65 Å². The van der Waals surface area contributed by atoms with E-state index < -0.39 is 0 Å². The van der Waals surface area contributed by atoms with Crippen LogP contribution in [0.5, 0.6) is 0 Å². The highest BCUT2D eigenvalue weighted by Gasteiger charge is 2.09. The Morgan fingerprint density at radius 3 is 2.48 bits per heavy atom. The third-order valence-electron chi connectivity index (χ3n) is 4.19. The predicted octanol–water partition coefficient (Wildman–Crippen LogP) is 4.69. The normalized spacial score (nSPS) is 11.0. The second kappa shape index (κ2) is 6.57. The minimum atomic E-state index is 0.698. The van der Waals surface area contributed by atoms with Gasteiger partial charge >= 0.3 is 0 Å². The van der Waals surface area contributed by atoms with Crippen LogP contribution in [-0.2, 0) is 6.54 Å². The Bertz CT molecular complexity index is 993. The van der Waals surface area contributed by atoms with Gasteiger partial charge in [-0.05, 0) is 24.3 Å². The van der Waals surface area contributed by atoms with Crippen molar-refractivity contribution in [1.82, 2.24) is 14.4 Å². The van der Waals surface area contributed by atoms with Crippen LogP contribution < -0.4 is 4.90 Å². The Hall–Kier alpha value is -2.85. The van der Waals surface area contributed by atoms with E-state index in [1.165, 1.54) is 0 Å². The standard InChI is InChI=1S/C20H17ClN4/c1-24(18-9-7-16(21)8-10-18)13-17-14-25-19(11-23-20(25)12-22-17)15-5-3-2-4-6-15/h2-12,14H,13H2,1H3. The first-order chi connectivity index (χ1) is 12.2. The number of anilines is 1. The zero-order valence-corrected chi connectivity index (χ0v) is 14.6. The molecule has 0 amide bonds. The van der Waals surface area contributed by atoms with Crippen molar-refractivity contribution in [3.05, 3.63) is 83.9 Å². The maximum Gasteiger partial charge on any atom is 0.155 e. The molecule has 0 atom stereocenters. The van der Waals surface area contributed by atoms with E-state index in [2.05, 4.69) is 37.6 Å². The van der Waals surface area contributed by atoms with E-state index in [9.17, 15) is 0 Å². The highest BCUT2D eigenvalue weighted by molar-refractivity contribution is 6.30. The van der Waals surface area contributed by atoms with Gasteiger partial charge in [-0.15, -0.1) is 0 Å². The molecule has 4 nitrogen and oxygen atoms in total. The molecule has 0 aliphatic heterocycles. The molecule has 0 fully saturated rings. The number of fused-ring (bicyclic) bond motifs is 1. The van der Waals surface area contributed by atoms with E-state index in [0.29, 0.717) is 6.54 Å². The molecule has 0 radical (unpaired) electrons. The van der Waals surface area contributed by atoms with Gasteiger partial charge in [-0.2, -0.15) is 0 Å². The number of rotatable bonds is 4. The topological polar surface area (TPSA) is 33.4 Å². The fourth-order valence-electron chi connectivity index (χ4n) is 2.86. The number of aromatic nitrogens is 3. The molecule has 2 aromatic heterocycles. The quantitative estimate of drug-likeness (QED) is 0.536. The van der Waals surface area contributed by atoms with Gasteiger partial charge in [0.2, 0.25) is 0 Å². The molecule has 5 heteroatoms. The summed E-state index contributed by atoms with van der Waals surface area (Å²) < 4.78 is 2.09. The summed E-state index contributed by atoms with van der Waals surface area (Å²) in [5, 5.41) is 0.739. The first-order valence-corrected chi connectivity index (χ1v) is 8.42. The van der Waals surface area contributed by atoms with Gasteiger partial charge in [0, 0.05) is 29.5 Å². The molecule has 0 unspecified atom stereocenters. The van der Waals surface area contributed by atoms with Crippen molar-refractivity contribution in [2.75, 3.05) is 11.9 Å². The van der Waals surface area contributed by atoms with Crippen molar-refractivity contribution in [2.24, 2.45) is 0 Å². The molecule has 4 rings (SSSR count). The Morgan fingerprint density at radius 2 is 1.72 bits per heavy atom. The van der Waals surface area contributed by atoms with Crippen molar-refractivity contribution in [2.45, 2.75) is 6.54 Å². The van der Waals surface area contributed by atoms with E-state index >= 15 is 0 Å². The second-order valence-corrected chi connectivity index (χ2v) is 6.39. The summed E-state index contributed by atoms with van der Waals surface area (Å²) in [5.41, 5.74) is 5.11. The summed E-state index contributed by atoms with van der Waals surface area (Å²) in [6.07, 6.45) is 5.76. The summed E-state index contributed by atoms with van der Waals surface area (Å²) in [6.45, 7) is 0.698. The van der Waals surface area contributed by atoms with E-state index in [1.807, 2.05) is 61.9 Å². The van der Waals surface area contributed by atoms with Crippen molar-refractivity contribution in [3.63, 3.8) is 0 Å². The van der Waals surface area contributed by atoms with Crippen LogP contribution in [0.1, 0.15) is 5.69 Å². The zero-order valence-electron chi connectivity index (χ0n) is 13.8. The third-order valence-corrected chi connectivity index (χ3v) is 4.44. The van der Waals surface area contributed by atoms with Crippen LogP contribution >= 0.6 is 11.6 Å². The first-order valence-electron chi connectivity index (χ1n) is 8.05. The molecular formula is C20H17ClN4. The van der Waals surface area contributed by atoms with E-state index in [4.69, 9.17) is 11.6 Å². The van der Waals surface area contributed by atoms with Gasteiger partial charge in [-0.1, -0.05) is 41.9 Å². The Balaban J connectivity index is 1.65. The predicted molar refractivity (Wildman–Crippen MR) is 102 cm³/mol. The number of hydrogen-bond acceptors (Lipinski definition) is 3. The highest BCUT2D eigenvalue weighted by atomic mass is 35.5. The van der Waals surface area contributed by atoms with Crippen molar-refractivity contribution in [1.29, 1.82) is 0 Å². The van der Waals surface area contributed by atoms with Crippen LogP contribution in [0.2, 0.25) is 5.02 Å². The van der Waals surface area contributed by atoms with Crippen LogP contribution in [0.15, 0.2) is 73.2 Å². The molecule has 0 N–H and O–H groups in total. The molecule has 0 aliphatic carbocycles. The van der Waals surface area contributed by atoms with Gasteiger partial charge in [-0.3, -0.25) is 9.38 Å². The number of benzene rings is 2. The SMILES string of the molecule is CN(Cc1cn2c(-c3ccccc3)cnc2cn1)c1ccc(Cl)cc1. The summed E-state index contributed by atoms with van der Waals surface area (Å²) in [6, 6.07) is 18.1. The molecule has 0 spiro atoms. The number of imidazole rings is 1. The lowest BCUT2D eigenvalue weighted by molar-refractivity contribution is 0.869. The van der Waals surface area contributed by atoms with E-state index in [0.717, 1.165) is 33.3 Å². The fourth-order valence-corrected chi connectivity index (χ4v) is 2.99. The largest absolute Gasteiger partial charge is 0.369 e. The first kappa shape index (κ1) is 15.7. The second-order valence-electron chi connectivity index (χ2n) is 5.95. The smallest absolute Gasteiger partial charge is 0.155 e. The van der Waals surface area contributed by atoms with Crippen LogP contribution in [0, 0.1) is 0 Å². The van der Waals surface area contributed by atoms with Gasteiger partial charge in [0.1, 0.15) is 0 Å². The Kier molecular flexibility index (Phi) is 4.12. The molecular weight excluding hydrogens is 332 g/mol. The lowest BCUT2D eigenvalue weighted by Crippen LogP contribution is -2.17. The molecule has 4 aromatic rings. The van der Waals surface area contributed by atoms with Gasteiger partial charge in [0.05, 0.1) is 30.3 Å². The molecule has 2 heterocycles. The Morgan fingerprint density at radius 1 is 0.960 bits per heavy atom. The molecule has 0 saturated heterocycles. The van der Waals surface area contributed by atoms with Crippen LogP contribution in [-0.4, -0.2) is 21.4 Å². The molecule has 0 bridgehead atoms. The van der Waals surface area contributed by atoms with Gasteiger partial charge in [0.25, 0.3) is 0 Å². The maximum absolute atomic E-state index is 5.96.